The van der Waals surface area contributed by atoms with Crippen LogP contribution in [0.1, 0.15) is 73.6 Å². The molecule has 0 rings (SSSR count). The topological polar surface area (TPSA) is 29.5 Å². The highest BCUT2D eigenvalue weighted by Gasteiger charge is 2.20. The molecule has 2 nitrogen and oxygen atoms in total. The molecule has 1 N–H and O–H groups in total. The summed E-state index contributed by atoms with van der Waals surface area (Å²) in [5.74, 6) is 0.801. The van der Waals surface area contributed by atoms with Gasteiger partial charge in [-0.2, -0.15) is 0 Å². The molecule has 0 aromatic heterocycles. The fourth-order valence-corrected chi connectivity index (χ4v) is 2.52. The summed E-state index contributed by atoms with van der Waals surface area (Å²) in [5, 5.41) is 10.1. The van der Waals surface area contributed by atoms with E-state index in [9.17, 15) is 5.11 Å². The van der Waals surface area contributed by atoms with Crippen molar-refractivity contribution in [2.45, 2.75) is 79.9 Å². The van der Waals surface area contributed by atoms with E-state index in [1.54, 1.807) is 0 Å². The first kappa shape index (κ1) is 17.9. The lowest BCUT2D eigenvalue weighted by Crippen LogP contribution is -2.26. The summed E-state index contributed by atoms with van der Waals surface area (Å²) < 4.78 is 5.66. The molecule has 110 valence electrons. The number of hydrogen-bond donors (Lipinski definition) is 1. The summed E-state index contributed by atoms with van der Waals surface area (Å²) in [6, 6.07) is 0. The summed E-state index contributed by atoms with van der Waals surface area (Å²) in [6.45, 7) is 13.9. The second-order valence-corrected chi connectivity index (χ2v) is 6.90. The Morgan fingerprint density at radius 1 is 1.17 bits per heavy atom. The second-order valence-electron chi connectivity index (χ2n) is 6.90. The molecule has 0 amide bonds. The number of aliphatic hydroxyl groups excluding tert-OH is 1. The van der Waals surface area contributed by atoms with Gasteiger partial charge >= 0.3 is 0 Å². The van der Waals surface area contributed by atoms with Crippen LogP contribution in [0.3, 0.4) is 0 Å². The van der Waals surface area contributed by atoms with E-state index in [4.69, 9.17) is 4.74 Å². The molecule has 0 saturated carbocycles. The zero-order chi connectivity index (χ0) is 14.2. The Morgan fingerprint density at radius 3 is 2.22 bits per heavy atom. The minimum Gasteiger partial charge on any atom is -0.368 e. The van der Waals surface area contributed by atoms with Crippen molar-refractivity contribution < 1.29 is 9.84 Å². The molecule has 0 aromatic rings. The molecule has 0 saturated heterocycles. The molecular formula is C16H34O2. The molecule has 0 fully saturated rings. The second kappa shape index (κ2) is 8.92. The van der Waals surface area contributed by atoms with Crippen LogP contribution in [0.2, 0.25) is 0 Å². The van der Waals surface area contributed by atoms with Gasteiger partial charge in [-0.1, -0.05) is 54.4 Å². The van der Waals surface area contributed by atoms with Gasteiger partial charge < -0.3 is 9.84 Å². The number of rotatable bonds is 9. The average molecular weight is 258 g/mol. The predicted octanol–water partition coefficient (Wildman–Crippen LogP) is 4.61. The Bertz CT molecular complexity index is 196. The largest absolute Gasteiger partial charge is 0.368 e. The minimum atomic E-state index is -0.580. The fourth-order valence-electron chi connectivity index (χ4n) is 2.52. The molecule has 18 heavy (non-hydrogen) atoms. The lowest BCUT2D eigenvalue weighted by atomic mass is 9.86. The first-order valence-electron chi connectivity index (χ1n) is 7.59. The van der Waals surface area contributed by atoms with E-state index in [1.165, 1.54) is 12.8 Å². The molecule has 0 spiro atoms. The molecule has 2 heteroatoms. The Kier molecular flexibility index (Phi) is 8.89. The summed E-state index contributed by atoms with van der Waals surface area (Å²) in [6.07, 6.45) is 4.98. The quantitative estimate of drug-likeness (QED) is 0.612. The third-order valence-electron chi connectivity index (χ3n) is 3.37. The van der Waals surface area contributed by atoms with Gasteiger partial charge in [-0.15, -0.1) is 0 Å². The van der Waals surface area contributed by atoms with Gasteiger partial charge in [-0.3, -0.25) is 0 Å². The third kappa shape index (κ3) is 8.93. The van der Waals surface area contributed by atoms with Crippen LogP contribution >= 0.6 is 0 Å². The molecule has 3 atom stereocenters. The monoisotopic (exact) mass is 258 g/mol. The van der Waals surface area contributed by atoms with Crippen molar-refractivity contribution in [2.24, 2.45) is 17.3 Å². The zero-order valence-electron chi connectivity index (χ0n) is 13.3. The van der Waals surface area contributed by atoms with E-state index < -0.39 is 6.29 Å². The van der Waals surface area contributed by atoms with Crippen molar-refractivity contribution in [3.8, 4) is 0 Å². The highest BCUT2D eigenvalue weighted by atomic mass is 16.6. The van der Waals surface area contributed by atoms with Gasteiger partial charge in [0.05, 0.1) is 6.61 Å². The van der Waals surface area contributed by atoms with Crippen molar-refractivity contribution in [2.75, 3.05) is 6.61 Å². The Morgan fingerprint density at radius 2 is 1.78 bits per heavy atom. The highest BCUT2D eigenvalue weighted by molar-refractivity contribution is 4.67. The van der Waals surface area contributed by atoms with E-state index in [2.05, 4.69) is 41.5 Å². The summed E-state index contributed by atoms with van der Waals surface area (Å²) in [5.41, 5.74) is 0.333. The van der Waals surface area contributed by atoms with E-state index in [1.807, 2.05) is 0 Å². The number of ether oxygens (including phenoxy) is 1. The van der Waals surface area contributed by atoms with Crippen LogP contribution in [0.5, 0.6) is 0 Å². The smallest absolute Gasteiger partial charge is 0.157 e. The Hall–Kier alpha value is -0.0800. The maximum atomic E-state index is 10.1. The van der Waals surface area contributed by atoms with Crippen molar-refractivity contribution >= 4 is 0 Å². The van der Waals surface area contributed by atoms with Crippen molar-refractivity contribution in [1.82, 2.24) is 0 Å². The maximum absolute atomic E-state index is 10.1. The predicted molar refractivity (Wildman–Crippen MR) is 78.5 cm³/mol. The normalized spacial score (nSPS) is 17.5. The molecule has 0 heterocycles. The van der Waals surface area contributed by atoms with Crippen LogP contribution in [0.15, 0.2) is 0 Å². The van der Waals surface area contributed by atoms with Gasteiger partial charge in [-0.25, -0.2) is 0 Å². The van der Waals surface area contributed by atoms with Gasteiger partial charge in [0.25, 0.3) is 0 Å². The molecule has 0 aliphatic heterocycles. The van der Waals surface area contributed by atoms with Gasteiger partial charge in [0.1, 0.15) is 0 Å². The minimum absolute atomic E-state index is 0.298. The van der Waals surface area contributed by atoms with Crippen molar-refractivity contribution in [3.63, 3.8) is 0 Å². The molecule has 3 unspecified atom stereocenters. The molecule has 0 radical (unpaired) electrons. The van der Waals surface area contributed by atoms with E-state index in [-0.39, 0.29) is 0 Å². The van der Waals surface area contributed by atoms with Crippen molar-refractivity contribution in [1.29, 1.82) is 0 Å². The SMILES string of the molecule is CCCCC(CC)C(O)OCC(C)CC(C)(C)C. The molecule has 0 aliphatic carbocycles. The number of hydrogen-bond acceptors (Lipinski definition) is 2. The van der Waals surface area contributed by atoms with Crippen LogP contribution in [0.25, 0.3) is 0 Å². The lowest BCUT2D eigenvalue weighted by Gasteiger charge is -2.26. The van der Waals surface area contributed by atoms with Gasteiger partial charge in [0.15, 0.2) is 6.29 Å². The molecule has 0 aliphatic rings. The maximum Gasteiger partial charge on any atom is 0.157 e. The van der Waals surface area contributed by atoms with E-state index in [0.29, 0.717) is 23.9 Å². The van der Waals surface area contributed by atoms with Crippen LogP contribution in [0.4, 0.5) is 0 Å². The Balaban J connectivity index is 3.95. The average Bonchev–Trinajstić information content (AvgIpc) is 2.25. The fraction of sp³-hybridized carbons (Fsp3) is 1.00. The van der Waals surface area contributed by atoms with Gasteiger partial charge in [0, 0.05) is 5.92 Å². The van der Waals surface area contributed by atoms with Crippen LogP contribution in [-0.4, -0.2) is 18.0 Å². The Labute approximate surface area is 114 Å². The first-order valence-corrected chi connectivity index (χ1v) is 7.59. The van der Waals surface area contributed by atoms with Crippen LogP contribution in [0, 0.1) is 17.3 Å². The zero-order valence-corrected chi connectivity index (χ0v) is 13.3. The van der Waals surface area contributed by atoms with Gasteiger partial charge in [0.2, 0.25) is 0 Å². The molecule has 0 bridgehead atoms. The van der Waals surface area contributed by atoms with Crippen molar-refractivity contribution in [3.05, 3.63) is 0 Å². The standard InChI is InChI=1S/C16H34O2/c1-7-9-10-14(8-2)15(17)18-12-13(3)11-16(4,5)6/h13-15,17H,7-12H2,1-6H3. The van der Waals surface area contributed by atoms with E-state index in [0.717, 1.165) is 19.3 Å². The number of aliphatic hydroxyl groups is 1. The summed E-state index contributed by atoms with van der Waals surface area (Å²) in [4.78, 5) is 0. The van der Waals surface area contributed by atoms with Crippen LogP contribution < -0.4 is 0 Å². The lowest BCUT2D eigenvalue weighted by molar-refractivity contribution is -0.145. The molecule has 0 aromatic carbocycles. The summed E-state index contributed by atoms with van der Waals surface area (Å²) in [7, 11) is 0. The van der Waals surface area contributed by atoms with E-state index >= 15 is 0 Å². The van der Waals surface area contributed by atoms with Gasteiger partial charge in [-0.05, 0) is 30.6 Å². The summed E-state index contributed by atoms with van der Waals surface area (Å²) >= 11 is 0. The number of unbranched alkanes of at least 4 members (excludes halogenated alkanes) is 1. The highest BCUT2D eigenvalue weighted by Crippen LogP contribution is 2.25. The molecular weight excluding hydrogens is 224 g/mol. The first-order chi connectivity index (χ1) is 8.30. The third-order valence-corrected chi connectivity index (χ3v) is 3.37. The van der Waals surface area contributed by atoms with Crippen LogP contribution in [-0.2, 0) is 4.74 Å².